The summed E-state index contributed by atoms with van der Waals surface area (Å²) in [5.41, 5.74) is 1.93. The summed E-state index contributed by atoms with van der Waals surface area (Å²) in [5, 5.41) is -0.304. The van der Waals surface area contributed by atoms with Crippen LogP contribution in [0, 0.1) is 12.7 Å². The number of thioether (sulfide) groups is 1. The molecule has 0 heterocycles. The molecule has 1 aliphatic carbocycles. The van der Waals surface area contributed by atoms with Crippen molar-refractivity contribution in [1.29, 1.82) is 0 Å². The van der Waals surface area contributed by atoms with Crippen LogP contribution in [-0.2, 0) is 4.74 Å². The maximum absolute atomic E-state index is 13.7. The Morgan fingerprint density at radius 2 is 2.13 bits per heavy atom. The lowest BCUT2D eigenvalue weighted by Gasteiger charge is -2.20. The molecular formula is C17H21BFNO2S. The molecule has 0 spiro atoms. The molecule has 1 aromatic carbocycles. The highest BCUT2D eigenvalue weighted by Gasteiger charge is 2.28. The number of halogens is 1. The summed E-state index contributed by atoms with van der Waals surface area (Å²) in [6.07, 6.45) is 2.65. The van der Waals surface area contributed by atoms with E-state index >= 15 is 0 Å². The maximum Gasteiger partial charge on any atom is 0.368 e. The summed E-state index contributed by atoms with van der Waals surface area (Å²) in [5.74, 6) is -0.468. The van der Waals surface area contributed by atoms with Crippen molar-refractivity contribution in [2.75, 3.05) is 0 Å². The van der Waals surface area contributed by atoms with E-state index in [9.17, 15) is 9.18 Å². The van der Waals surface area contributed by atoms with E-state index in [-0.39, 0.29) is 16.0 Å². The molecule has 3 nitrogen and oxygen atoms in total. The number of rotatable bonds is 2. The number of nitrogens with zero attached hydrogens (tertiary/aromatic N) is 1. The van der Waals surface area contributed by atoms with Gasteiger partial charge in [0.15, 0.2) is 0 Å². The SMILES string of the molecule is [B]c1cc(C)c(N=C2CCCC2SC(=O)OC(C)(C)C)cc1F. The Morgan fingerprint density at radius 3 is 2.78 bits per heavy atom. The van der Waals surface area contributed by atoms with E-state index in [2.05, 4.69) is 4.99 Å². The van der Waals surface area contributed by atoms with Gasteiger partial charge in [-0.1, -0.05) is 11.5 Å². The molecule has 0 N–H and O–H groups in total. The molecule has 2 rings (SSSR count). The van der Waals surface area contributed by atoms with Crippen molar-refractivity contribution in [3.8, 4) is 0 Å². The van der Waals surface area contributed by atoms with Gasteiger partial charge in [0.25, 0.3) is 0 Å². The molecule has 0 aliphatic heterocycles. The second-order valence-corrected chi connectivity index (χ2v) is 7.86. The van der Waals surface area contributed by atoms with Crippen molar-refractivity contribution in [3.63, 3.8) is 0 Å². The van der Waals surface area contributed by atoms with Gasteiger partial charge in [-0.25, -0.2) is 9.18 Å². The monoisotopic (exact) mass is 333 g/mol. The Morgan fingerprint density at radius 1 is 1.43 bits per heavy atom. The predicted molar refractivity (Wildman–Crippen MR) is 95.1 cm³/mol. The first kappa shape index (κ1) is 18.0. The van der Waals surface area contributed by atoms with Crippen LogP contribution in [-0.4, -0.2) is 29.7 Å². The van der Waals surface area contributed by atoms with E-state index in [0.717, 1.165) is 42.3 Å². The van der Waals surface area contributed by atoms with Crippen molar-refractivity contribution >= 4 is 41.8 Å². The van der Waals surface area contributed by atoms with E-state index < -0.39 is 11.4 Å². The zero-order chi connectivity index (χ0) is 17.2. The minimum Gasteiger partial charge on any atom is -0.452 e. The number of ether oxygens (including phenoxy) is 1. The van der Waals surface area contributed by atoms with Gasteiger partial charge >= 0.3 is 5.30 Å². The summed E-state index contributed by atoms with van der Waals surface area (Å²) in [7, 11) is 5.56. The van der Waals surface area contributed by atoms with E-state index in [1.54, 1.807) is 6.07 Å². The number of benzene rings is 1. The van der Waals surface area contributed by atoms with E-state index in [1.165, 1.54) is 6.07 Å². The maximum atomic E-state index is 13.7. The smallest absolute Gasteiger partial charge is 0.368 e. The largest absolute Gasteiger partial charge is 0.452 e. The van der Waals surface area contributed by atoms with Gasteiger partial charge in [-0.15, -0.1) is 0 Å². The molecule has 2 radical (unpaired) electrons. The molecule has 0 saturated heterocycles. The number of hydrogen-bond acceptors (Lipinski definition) is 4. The van der Waals surface area contributed by atoms with Crippen molar-refractivity contribution in [3.05, 3.63) is 23.5 Å². The van der Waals surface area contributed by atoms with Gasteiger partial charge in [0, 0.05) is 5.71 Å². The van der Waals surface area contributed by atoms with Crippen LogP contribution in [0.1, 0.15) is 45.6 Å². The molecule has 1 aromatic rings. The number of aliphatic imine (C=N–C) groups is 1. The molecule has 1 atom stereocenters. The highest BCUT2D eigenvalue weighted by Crippen LogP contribution is 2.32. The van der Waals surface area contributed by atoms with Crippen molar-refractivity contribution in [1.82, 2.24) is 0 Å². The fraction of sp³-hybridized carbons (Fsp3) is 0.529. The average molecular weight is 333 g/mol. The molecule has 6 heteroatoms. The van der Waals surface area contributed by atoms with Crippen LogP contribution >= 0.6 is 11.8 Å². The first-order chi connectivity index (χ1) is 10.7. The molecular weight excluding hydrogens is 312 g/mol. The number of hydrogen-bond donors (Lipinski definition) is 0. The standard InChI is InChI=1S/C17H21BFNO2S/c1-10-8-11(18)12(19)9-14(10)20-13-6-5-7-15(13)23-16(21)22-17(2,3)4/h8-9,15H,5-7H2,1-4H3. The average Bonchev–Trinajstić information content (AvgIpc) is 2.81. The summed E-state index contributed by atoms with van der Waals surface area (Å²) in [4.78, 5) is 16.6. The molecule has 0 amide bonds. The Labute approximate surface area is 142 Å². The highest BCUT2D eigenvalue weighted by atomic mass is 32.2. The van der Waals surface area contributed by atoms with Crippen LogP contribution < -0.4 is 5.46 Å². The quantitative estimate of drug-likeness (QED) is 0.601. The van der Waals surface area contributed by atoms with Gasteiger partial charge < -0.3 is 4.74 Å². The van der Waals surface area contributed by atoms with Crippen molar-refractivity contribution < 1.29 is 13.9 Å². The Balaban J connectivity index is 2.15. The molecule has 1 unspecified atom stereocenters. The molecule has 122 valence electrons. The zero-order valence-corrected chi connectivity index (χ0v) is 14.8. The van der Waals surface area contributed by atoms with Crippen LogP contribution in [0.4, 0.5) is 14.9 Å². The molecule has 0 bridgehead atoms. The van der Waals surface area contributed by atoms with Gasteiger partial charge in [-0.05, 0) is 70.3 Å². The second-order valence-electron chi connectivity index (χ2n) is 6.73. The Kier molecular flexibility index (Phi) is 5.55. The summed E-state index contributed by atoms with van der Waals surface area (Å²) in [6.45, 7) is 7.38. The third-order valence-electron chi connectivity index (χ3n) is 3.48. The molecule has 1 fully saturated rings. The van der Waals surface area contributed by atoms with Gasteiger partial charge in [-0.3, -0.25) is 4.99 Å². The van der Waals surface area contributed by atoms with Gasteiger partial charge in [0.1, 0.15) is 19.3 Å². The zero-order valence-electron chi connectivity index (χ0n) is 14.0. The van der Waals surface area contributed by atoms with Crippen LogP contribution in [0.3, 0.4) is 0 Å². The lowest BCUT2D eigenvalue weighted by atomic mass is 9.93. The normalized spacial score (nSPS) is 20.0. The molecule has 0 aromatic heterocycles. The predicted octanol–water partition coefficient (Wildman–Crippen LogP) is 4.22. The van der Waals surface area contributed by atoms with Crippen LogP contribution in [0.15, 0.2) is 17.1 Å². The van der Waals surface area contributed by atoms with Gasteiger partial charge in [0.05, 0.1) is 10.9 Å². The summed E-state index contributed by atoms with van der Waals surface area (Å²) < 4.78 is 19.0. The van der Waals surface area contributed by atoms with Crippen molar-refractivity contribution in [2.24, 2.45) is 4.99 Å². The minimum absolute atomic E-state index is 0.00938. The Hall–Kier alpha value is -1.30. The van der Waals surface area contributed by atoms with E-state index in [4.69, 9.17) is 12.6 Å². The fourth-order valence-electron chi connectivity index (χ4n) is 2.41. The first-order valence-corrected chi connectivity index (χ1v) is 8.56. The topological polar surface area (TPSA) is 38.7 Å². The van der Waals surface area contributed by atoms with Gasteiger partial charge in [0.2, 0.25) is 0 Å². The number of aryl methyl sites for hydroxylation is 1. The van der Waals surface area contributed by atoms with Gasteiger partial charge in [-0.2, -0.15) is 0 Å². The van der Waals surface area contributed by atoms with Crippen molar-refractivity contribution in [2.45, 2.75) is 57.8 Å². The Bertz CT molecular complexity index is 640. The number of carbonyl (C=O) groups is 1. The second kappa shape index (κ2) is 7.08. The van der Waals surface area contributed by atoms with Crippen LogP contribution in [0.25, 0.3) is 0 Å². The third-order valence-corrected chi connectivity index (χ3v) is 4.55. The third kappa shape index (κ3) is 5.10. The first-order valence-electron chi connectivity index (χ1n) is 7.68. The lowest BCUT2D eigenvalue weighted by molar-refractivity contribution is 0.0737. The lowest BCUT2D eigenvalue weighted by Crippen LogP contribution is -2.23. The van der Waals surface area contributed by atoms with Crippen LogP contribution in [0.5, 0.6) is 0 Å². The van der Waals surface area contributed by atoms with E-state index in [1.807, 2.05) is 27.7 Å². The summed E-state index contributed by atoms with van der Waals surface area (Å²) in [6, 6.07) is 2.94. The highest BCUT2D eigenvalue weighted by molar-refractivity contribution is 8.14. The fourth-order valence-corrected chi connectivity index (χ4v) is 3.53. The van der Waals surface area contributed by atoms with Crippen LogP contribution in [0.2, 0.25) is 0 Å². The van der Waals surface area contributed by atoms with E-state index in [0.29, 0.717) is 5.69 Å². The summed E-state index contributed by atoms with van der Waals surface area (Å²) >= 11 is 1.16. The molecule has 1 saturated carbocycles. The molecule has 23 heavy (non-hydrogen) atoms. The number of carbonyl (C=O) groups excluding carboxylic acids is 1. The molecule has 1 aliphatic rings. The minimum atomic E-state index is -0.503.